The summed E-state index contributed by atoms with van der Waals surface area (Å²) in [5.74, 6) is 0.445. The van der Waals surface area contributed by atoms with Crippen molar-refractivity contribution in [2.45, 2.75) is 0 Å². The third-order valence-electron chi connectivity index (χ3n) is 1.42. The first-order chi connectivity index (χ1) is 5.86. The van der Waals surface area contributed by atoms with Crippen LogP contribution in [0.3, 0.4) is 0 Å². The number of hydrogen-bond donors (Lipinski definition) is 0. The van der Waals surface area contributed by atoms with Crippen LogP contribution in [0.25, 0.3) is 11.5 Å². The summed E-state index contributed by atoms with van der Waals surface area (Å²) in [4.78, 5) is 0. The van der Waals surface area contributed by atoms with E-state index in [0.29, 0.717) is 5.89 Å². The zero-order valence-electron chi connectivity index (χ0n) is 6.07. The molecule has 2 aromatic rings. The Labute approximate surface area is 74.0 Å². The number of rotatable bonds is 1. The summed E-state index contributed by atoms with van der Waals surface area (Å²) >= 11 is 5.47. The van der Waals surface area contributed by atoms with Gasteiger partial charge in [-0.15, -0.1) is 5.10 Å². The van der Waals surface area contributed by atoms with Gasteiger partial charge in [0.1, 0.15) is 0 Å². The molecule has 0 bridgehead atoms. The third kappa shape index (κ3) is 1.31. The van der Waals surface area contributed by atoms with Crippen LogP contribution in [0, 0.1) is 0 Å². The van der Waals surface area contributed by atoms with Crippen molar-refractivity contribution in [3.8, 4) is 11.5 Å². The molecular formula is C8H5ClN2O. The molecule has 0 N–H and O–H groups in total. The largest absolute Gasteiger partial charge is 0.407 e. The number of nitrogens with zero attached hydrogens (tertiary/aromatic N) is 2. The molecule has 0 unspecified atom stereocenters. The minimum Gasteiger partial charge on any atom is -0.407 e. The summed E-state index contributed by atoms with van der Waals surface area (Å²) < 4.78 is 5.01. The fourth-order valence-corrected chi connectivity index (χ4v) is 1.01. The van der Waals surface area contributed by atoms with E-state index in [0.717, 1.165) is 5.56 Å². The number of aromatic nitrogens is 2. The second-order valence-electron chi connectivity index (χ2n) is 2.23. The first kappa shape index (κ1) is 7.31. The average Bonchev–Trinajstić information content (AvgIpc) is 2.54. The number of hydrogen-bond acceptors (Lipinski definition) is 3. The van der Waals surface area contributed by atoms with E-state index in [1.807, 2.05) is 30.3 Å². The lowest BCUT2D eigenvalue weighted by atomic mass is 10.2. The van der Waals surface area contributed by atoms with Gasteiger partial charge in [0.15, 0.2) is 0 Å². The molecule has 12 heavy (non-hydrogen) atoms. The first-order valence-corrected chi connectivity index (χ1v) is 3.78. The molecule has 0 saturated heterocycles. The summed E-state index contributed by atoms with van der Waals surface area (Å²) in [6, 6.07) is 9.47. The first-order valence-electron chi connectivity index (χ1n) is 3.41. The SMILES string of the molecule is Clc1nnc(-c2ccccc2)o1. The Bertz CT molecular complexity index is 372. The van der Waals surface area contributed by atoms with Gasteiger partial charge in [-0.1, -0.05) is 23.3 Å². The van der Waals surface area contributed by atoms with Crippen LogP contribution in [0.15, 0.2) is 34.7 Å². The van der Waals surface area contributed by atoms with Crippen LogP contribution in [0.2, 0.25) is 5.35 Å². The third-order valence-corrected chi connectivity index (χ3v) is 1.57. The van der Waals surface area contributed by atoms with Crippen molar-refractivity contribution in [3.05, 3.63) is 35.7 Å². The molecule has 4 heteroatoms. The quantitative estimate of drug-likeness (QED) is 0.677. The second kappa shape index (κ2) is 2.95. The van der Waals surface area contributed by atoms with Crippen LogP contribution >= 0.6 is 11.6 Å². The highest BCUT2D eigenvalue weighted by Gasteiger charge is 2.04. The van der Waals surface area contributed by atoms with Crippen molar-refractivity contribution in [2.24, 2.45) is 0 Å². The molecule has 0 aliphatic rings. The lowest BCUT2D eigenvalue weighted by molar-refractivity contribution is 0.571. The van der Waals surface area contributed by atoms with E-state index in [4.69, 9.17) is 16.0 Å². The smallest absolute Gasteiger partial charge is 0.313 e. The minimum atomic E-state index is 0.0638. The van der Waals surface area contributed by atoms with Gasteiger partial charge in [-0.3, -0.25) is 0 Å². The van der Waals surface area contributed by atoms with Gasteiger partial charge < -0.3 is 4.42 Å². The Hall–Kier alpha value is -1.35. The molecular weight excluding hydrogens is 176 g/mol. The highest BCUT2D eigenvalue weighted by atomic mass is 35.5. The highest BCUT2D eigenvalue weighted by molar-refractivity contribution is 6.27. The van der Waals surface area contributed by atoms with Gasteiger partial charge in [0.2, 0.25) is 5.89 Å². The standard InChI is InChI=1S/C8H5ClN2O/c9-8-11-10-7(12-8)6-4-2-1-3-5-6/h1-5H. The van der Waals surface area contributed by atoms with Crippen molar-refractivity contribution in [3.63, 3.8) is 0 Å². The van der Waals surface area contributed by atoms with Crippen molar-refractivity contribution in [1.29, 1.82) is 0 Å². The van der Waals surface area contributed by atoms with E-state index in [9.17, 15) is 0 Å². The van der Waals surface area contributed by atoms with Gasteiger partial charge >= 0.3 is 5.35 Å². The summed E-state index contributed by atoms with van der Waals surface area (Å²) in [6.45, 7) is 0. The molecule has 0 spiro atoms. The van der Waals surface area contributed by atoms with Gasteiger partial charge in [-0.25, -0.2) is 0 Å². The molecule has 1 aromatic carbocycles. The van der Waals surface area contributed by atoms with Crippen LogP contribution in [0.4, 0.5) is 0 Å². The van der Waals surface area contributed by atoms with Crippen LogP contribution in [-0.2, 0) is 0 Å². The Morgan fingerprint density at radius 3 is 2.42 bits per heavy atom. The van der Waals surface area contributed by atoms with Crippen LogP contribution < -0.4 is 0 Å². The molecule has 3 nitrogen and oxygen atoms in total. The monoisotopic (exact) mass is 180 g/mol. The van der Waals surface area contributed by atoms with Crippen LogP contribution in [-0.4, -0.2) is 10.2 Å². The van der Waals surface area contributed by atoms with Gasteiger partial charge in [-0.05, 0) is 23.7 Å². The molecule has 0 aliphatic carbocycles. The summed E-state index contributed by atoms with van der Waals surface area (Å²) in [5.41, 5.74) is 0.872. The predicted molar refractivity (Wildman–Crippen MR) is 44.7 cm³/mol. The minimum absolute atomic E-state index is 0.0638. The zero-order chi connectivity index (χ0) is 8.39. The van der Waals surface area contributed by atoms with Crippen molar-refractivity contribution in [2.75, 3.05) is 0 Å². The normalized spacial score (nSPS) is 10.1. The van der Waals surface area contributed by atoms with E-state index in [-0.39, 0.29) is 5.35 Å². The van der Waals surface area contributed by atoms with Crippen LogP contribution in [0.1, 0.15) is 0 Å². The zero-order valence-corrected chi connectivity index (χ0v) is 6.82. The van der Waals surface area contributed by atoms with Crippen molar-refractivity contribution >= 4 is 11.6 Å². The number of benzene rings is 1. The molecule has 0 atom stereocenters. The molecule has 60 valence electrons. The van der Waals surface area contributed by atoms with E-state index < -0.39 is 0 Å². The molecule has 0 aliphatic heterocycles. The summed E-state index contributed by atoms with van der Waals surface area (Å²) in [5, 5.41) is 7.34. The molecule has 0 radical (unpaired) electrons. The van der Waals surface area contributed by atoms with E-state index in [1.54, 1.807) is 0 Å². The Morgan fingerprint density at radius 1 is 1.08 bits per heavy atom. The van der Waals surface area contributed by atoms with Crippen molar-refractivity contribution < 1.29 is 4.42 Å². The Balaban J connectivity index is 2.45. The molecule has 1 heterocycles. The molecule has 0 fully saturated rings. The lowest BCUT2D eigenvalue weighted by Crippen LogP contribution is -1.75. The van der Waals surface area contributed by atoms with E-state index in [2.05, 4.69) is 10.2 Å². The summed E-state index contributed by atoms with van der Waals surface area (Å²) in [6.07, 6.45) is 0. The van der Waals surface area contributed by atoms with Crippen LogP contribution in [0.5, 0.6) is 0 Å². The second-order valence-corrected chi connectivity index (χ2v) is 2.55. The average molecular weight is 181 g/mol. The fraction of sp³-hybridized carbons (Fsp3) is 0. The highest BCUT2D eigenvalue weighted by Crippen LogP contribution is 2.18. The Kier molecular flexibility index (Phi) is 1.80. The van der Waals surface area contributed by atoms with Gasteiger partial charge in [0, 0.05) is 5.56 Å². The molecule has 0 amide bonds. The fourth-order valence-electron chi connectivity index (χ4n) is 0.903. The van der Waals surface area contributed by atoms with Gasteiger partial charge in [0.25, 0.3) is 0 Å². The maximum absolute atomic E-state index is 5.47. The maximum Gasteiger partial charge on any atom is 0.313 e. The molecule has 2 rings (SSSR count). The maximum atomic E-state index is 5.47. The van der Waals surface area contributed by atoms with Crippen molar-refractivity contribution in [1.82, 2.24) is 10.2 Å². The predicted octanol–water partition coefficient (Wildman–Crippen LogP) is 2.39. The lowest BCUT2D eigenvalue weighted by Gasteiger charge is -1.90. The molecule has 0 saturated carbocycles. The molecule has 1 aromatic heterocycles. The van der Waals surface area contributed by atoms with E-state index >= 15 is 0 Å². The van der Waals surface area contributed by atoms with Gasteiger partial charge in [-0.2, -0.15) is 0 Å². The number of halogens is 1. The van der Waals surface area contributed by atoms with Gasteiger partial charge in [0.05, 0.1) is 0 Å². The Morgan fingerprint density at radius 2 is 1.83 bits per heavy atom. The topological polar surface area (TPSA) is 38.9 Å². The van der Waals surface area contributed by atoms with E-state index in [1.165, 1.54) is 0 Å². The summed E-state index contributed by atoms with van der Waals surface area (Å²) in [7, 11) is 0.